The molecule has 2 N–H and O–H groups in total. The minimum atomic E-state index is -0.760. The predicted octanol–water partition coefficient (Wildman–Crippen LogP) is 1.72. The van der Waals surface area contributed by atoms with E-state index >= 15 is 0 Å². The van der Waals surface area contributed by atoms with E-state index < -0.39 is 5.54 Å². The molecule has 6 heteroatoms. The lowest BCUT2D eigenvalue weighted by molar-refractivity contribution is -0.121. The van der Waals surface area contributed by atoms with Gasteiger partial charge in [-0.15, -0.1) is 0 Å². The zero-order valence-electron chi connectivity index (χ0n) is 12.4. The summed E-state index contributed by atoms with van der Waals surface area (Å²) in [7, 11) is 0. The van der Waals surface area contributed by atoms with Crippen molar-refractivity contribution in [3.05, 3.63) is 42.6 Å². The highest BCUT2D eigenvalue weighted by Crippen LogP contribution is 2.38. The fourth-order valence-electron chi connectivity index (χ4n) is 3.19. The second-order valence-corrected chi connectivity index (χ2v) is 5.83. The number of rotatable bonds is 1. The molecule has 2 aromatic rings. The third-order valence-corrected chi connectivity index (χ3v) is 4.44. The Labute approximate surface area is 133 Å². The number of amides is 1. The van der Waals surface area contributed by atoms with Crippen molar-refractivity contribution in [1.82, 2.24) is 10.3 Å². The highest BCUT2D eigenvalue weighted by atomic mass is 16.2. The number of pyridine rings is 1. The van der Waals surface area contributed by atoms with Crippen LogP contribution in [0.15, 0.2) is 42.6 Å². The number of hydrogen-bond acceptors (Lipinski definition) is 5. The normalized spacial score (nSPS) is 22.6. The monoisotopic (exact) mass is 305 g/mol. The lowest BCUT2D eigenvalue weighted by Gasteiger charge is -2.37. The van der Waals surface area contributed by atoms with Crippen molar-refractivity contribution in [2.24, 2.45) is 0 Å². The van der Waals surface area contributed by atoms with Gasteiger partial charge >= 0.3 is 0 Å². The number of anilines is 2. The van der Waals surface area contributed by atoms with Crippen molar-refractivity contribution in [3.63, 3.8) is 0 Å². The van der Waals surface area contributed by atoms with Gasteiger partial charge in [0, 0.05) is 18.3 Å². The molecule has 23 heavy (non-hydrogen) atoms. The van der Waals surface area contributed by atoms with Crippen LogP contribution in [0.3, 0.4) is 0 Å². The quantitative estimate of drug-likeness (QED) is 0.784. The van der Waals surface area contributed by atoms with Crippen molar-refractivity contribution < 1.29 is 4.79 Å². The first-order valence-electron chi connectivity index (χ1n) is 7.52. The Morgan fingerprint density at radius 1 is 1.26 bits per heavy atom. The van der Waals surface area contributed by atoms with Crippen LogP contribution >= 0.6 is 0 Å². The molecule has 0 radical (unpaired) electrons. The summed E-state index contributed by atoms with van der Waals surface area (Å²) >= 11 is 0. The maximum absolute atomic E-state index is 12.8. The molecule has 0 bridgehead atoms. The third kappa shape index (κ3) is 2.05. The van der Waals surface area contributed by atoms with E-state index in [2.05, 4.69) is 15.6 Å². The van der Waals surface area contributed by atoms with Crippen LogP contribution in [0.5, 0.6) is 0 Å². The molecule has 0 unspecified atom stereocenters. The zero-order chi connectivity index (χ0) is 15.9. The average molecular weight is 305 g/mol. The fraction of sp³-hybridized carbons (Fsp3) is 0.235. The standard InChI is InChI=1S/C17H15N5O/c18-11-22-14-8-13(12-4-2-1-3-5-12)9-20-15(14)21-17(16(22)23)6-7-19-10-17/h1-5,8-9,19H,6-7,10H2,(H,20,21)/t17-/m0/s1. The Morgan fingerprint density at radius 2 is 2.09 bits per heavy atom. The van der Waals surface area contributed by atoms with Gasteiger partial charge in [-0.05, 0) is 24.6 Å². The maximum Gasteiger partial charge on any atom is 0.267 e. The number of nitriles is 1. The largest absolute Gasteiger partial charge is 0.353 e. The fourth-order valence-corrected chi connectivity index (χ4v) is 3.19. The molecule has 2 aliphatic rings. The molecule has 4 rings (SSSR count). The molecule has 6 nitrogen and oxygen atoms in total. The summed E-state index contributed by atoms with van der Waals surface area (Å²) in [4.78, 5) is 18.4. The minimum absolute atomic E-state index is 0.218. The first-order chi connectivity index (χ1) is 11.2. The number of nitrogens with one attached hydrogen (secondary N) is 2. The predicted molar refractivity (Wildman–Crippen MR) is 86.6 cm³/mol. The highest BCUT2D eigenvalue weighted by molar-refractivity contribution is 6.10. The zero-order valence-corrected chi connectivity index (χ0v) is 12.4. The van der Waals surface area contributed by atoms with Crippen LogP contribution < -0.4 is 15.5 Å². The van der Waals surface area contributed by atoms with E-state index in [1.165, 1.54) is 0 Å². The van der Waals surface area contributed by atoms with Crippen LogP contribution in [0.4, 0.5) is 11.5 Å². The van der Waals surface area contributed by atoms with Gasteiger partial charge in [0.05, 0.1) is 0 Å². The van der Waals surface area contributed by atoms with E-state index in [4.69, 9.17) is 0 Å². The molecule has 0 saturated carbocycles. The van der Waals surface area contributed by atoms with Gasteiger partial charge < -0.3 is 10.6 Å². The molecular weight excluding hydrogens is 290 g/mol. The lowest BCUT2D eigenvalue weighted by atomic mass is 9.93. The second kappa shape index (κ2) is 5.07. The summed E-state index contributed by atoms with van der Waals surface area (Å²) in [5.41, 5.74) is 1.62. The van der Waals surface area contributed by atoms with Gasteiger partial charge in [-0.2, -0.15) is 5.26 Å². The number of hydrogen-bond donors (Lipinski definition) is 2. The Bertz CT molecular complexity index is 805. The van der Waals surface area contributed by atoms with Crippen LogP contribution in [0.25, 0.3) is 11.1 Å². The van der Waals surface area contributed by atoms with Crippen molar-refractivity contribution in [3.8, 4) is 17.3 Å². The van der Waals surface area contributed by atoms with Crippen LogP contribution in [-0.2, 0) is 4.79 Å². The first-order valence-corrected chi connectivity index (χ1v) is 7.52. The topological polar surface area (TPSA) is 81.0 Å². The van der Waals surface area contributed by atoms with Gasteiger partial charge in [-0.25, -0.2) is 9.88 Å². The van der Waals surface area contributed by atoms with Gasteiger partial charge in [0.1, 0.15) is 11.2 Å². The Hall–Kier alpha value is -2.91. The molecule has 1 fully saturated rings. The van der Waals surface area contributed by atoms with Crippen molar-refractivity contribution >= 4 is 17.4 Å². The van der Waals surface area contributed by atoms with Gasteiger partial charge in [-0.3, -0.25) is 4.79 Å². The summed E-state index contributed by atoms with van der Waals surface area (Å²) < 4.78 is 0. The molecule has 3 heterocycles. The number of fused-ring (bicyclic) bond motifs is 1. The Balaban J connectivity index is 1.81. The summed E-state index contributed by atoms with van der Waals surface area (Å²) in [5, 5.41) is 15.9. The lowest BCUT2D eigenvalue weighted by Crippen LogP contribution is -2.57. The number of nitrogens with zero attached hydrogens (tertiary/aromatic N) is 3. The highest BCUT2D eigenvalue weighted by Gasteiger charge is 2.48. The van der Waals surface area contributed by atoms with E-state index in [1.54, 1.807) is 6.20 Å². The van der Waals surface area contributed by atoms with E-state index in [0.717, 1.165) is 22.6 Å². The smallest absolute Gasteiger partial charge is 0.267 e. The van der Waals surface area contributed by atoms with E-state index in [1.807, 2.05) is 42.6 Å². The van der Waals surface area contributed by atoms with Crippen LogP contribution in [0, 0.1) is 11.5 Å². The molecule has 1 aromatic carbocycles. The number of carbonyl (C=O) groups is 1. The van der Waals surface area contributed by atoms with Crippen molar-refractivity contribution in [2.45, 2.75) is 12.0 Å². The van der Waals surface area contributed by atoms with Gasteiger partial charge in [0.2, 0.25) is 0 Å². The number of benzene rings is 1. The Kier molecular flexibility index (Phi) is 3.03. The van der Waals surface area contributed by atoms with Crippen molar-refractivity contribution in [1.29, 1.82) is 5.26 Å². The van der Waals surface area contributed by atoms with Gasteiger partial charge in [0.15, 0.2) is 12.0 Å². The second-order valence-electron chi connectivity index (χ2n) is 5.83. The first kappa shape index (κ1) is 13.7. The molecular formula is C17H15N5O. The molecule has 1 amide bonds. The van der Waals surface area contributed by atoms with E-state index in [-0.39, 0.29) is 5.91 Å². The maximum atomic E-state index is 12.8. The van der Waals surface area contributed by atoms with Crippen LogP contribution in [-0.4, -0.2) is 29.5 Å². The van der Waals surface area contributed by atoms with Gasteiger partial charge in [0.25, 0.3) is 5.91 Å². The summed E-state index contributed by atoms with van der Waals surface area (Å²) in [6.45, 7) is 1.25. The van der Waals surface area contributed by atoms with Crippen molar-refractivity contribution in [2.75, 3.05) is 23.3 Å². The van der Waals surface area contributed by atoms with Gasteiger partial charge in [-0.1, -0.05) is 30.3 Å². The minimum Gasteiger partial charge on any atom is -0.353 e. The molecule has 1 aromatic heterocycles. The molecule has 2 aliphatic heterocycles. The SMILES string of the molecule is N#CN1C(=O)[C@@]2(CCNC2)Nc2ncc(-c3ccccc3)cc21. The molecule has 1 atom stereocenters. The molecule has 0 aliphatic carbocycles. The van der Waals surface area contributed by atoms with E-state index in [0.29, 0.717) is 24.5 Å². The molecule has 114 valence electrons. The Morgan fingerprint density at radius 3 is 2.78 bits per heavy atom. The number of aromatic nitrogens is 1. The van der Waals surface area contributed by atoms with Crippen LogP contribution in [0.1, 0.15) is 6.42 Å². The molecule has 1 saturated heterocycles. The third-order valence-electron chi connectivity index (χ3n) is 4.44. The summed E-state index contributed by atoms with van der Waals surface area (Å²) in [5.74, 6) is 0.360. The van der Waals surface area contributed by atoms with E-state index in [9.17, 15) is 10.1 Å². The molecule has 1 spiro atoms. The van der Waals surface area contributed by atoms with Crippen LogP contribution in [0.2, 0.25) is 0 Å². The summed E-state index contributed by atoms with van der Waals surface area (Å²) in [6, 6.07) is 11.6. The number of carbonyl (C=O) groups excluding carboxylic acids is 1. The summed E-state index contributed by atoms with van der Waals surface area (Å²) in [6.07, 6.45) is 4.43. The average Bonchev–Trinajstić information content (AvgIpc) is 3.06.